The average molecular weight is 264 g/mol. The topological polar surface area (TPSA) is 56.7 Å². The van der Waals surface area contributed by atoms with Crippen LogP contribution >= 0.6 is 0 Å². The number of aromatic nitrogens is 3. The highest BCUT2D eigenvalue weighted by atomic mass is 15.0. The summed E-state index contributed by atoms with van der Waals surface area (Å²) in [5.74, 6) is 0.536. The predicted molar refractivity (Wildman–Crippen MR) is 80.0 cm³/mol. The summed E-state index contributed by atoms with van der Waals surface area (Å²) >= 11 is 0. The lowest BCUT2D eigenvalue weighted by Gasteiger charge is -2.09. The van der Waals surface area contributed by atoms with E-state index in [2.05, 4.69) is 38.8 Å². The fraction of sp³-hybridized carbons (Fsp3) is 0.125. The second-order valence-electron chi connectivity index (χ2n) is 4.64. The van der Waals surface area contributed by atoms with Gasteiger partial charge in [-0.2, -0.15) is 0 Å². The van der Waals surface area contributed by atoms with E-state index >= 15 is 0 Å². The van der Waals surface area contributed by atoms with Crippen molar-refractivity contribution in [3.05, 3.63) is 66.7 Å². The smallest absolute Gasteiger partial charge is 0.132 e. The van der Waals surface area contributed by atoms with Crippen LogP contribution in [-0.2, 0) is 13.0 Å². The van der Waals surface area contributed by atoms with E-state index in [1.165, 1.54) is 5.56 Å². The van der Waals surface area contributed by atoms with Crippen LogP contribution in [0.3, 0.4) is 0 Å². The van der Waals surface area contributed by atoms with Gasteiger partial charge in [0, 0.05) is 18.3 Å². The number of imidazole rings is 1. The van der Waals surface area contributed by atoms with Crippen molar-refractivity contribution in [3.8, 4) is 11.3 Å². The standard InChI is InChI=1S/C16H16N4/c17-16-14(7-4-9-19-16)15-11-18-12-20(15)10-8-13-5-2-1-3-6-13/h1-7,9,11-12H,8,10H2,(H2,17,19). The number of aryl methyl sites for hydroxylation is 2. The van der Waals surface area contributed by atoms with Crippen LogP contribution in [0.4, 0.5) is 5.82 Å². The third-order valence-electron chi connectivity index (χ3n) is 3.31. The molecule has 0 atom stereocenters. The Morgan fingerprint density at radius 3 is 2.70 bits per heavy atom. The summed E-state index contributed by atoms with van der Waals surface area (Å²) in [6, 6.07) is 14.3. The molecule has 3 aromatic rings. The number of pyridine rings is 1. The van der Waals surface area contributed by atoms with E-state index in [1.54, 1.807) is 6.20 Å². The van der Waals surface area contributed by atoms with Gasteiger partial charge in [-0.3, -0.25) is 0 Å². The third kappa shape index (κ3) is 2.54. The summed E-state index contributed by atoms with van der Waals surface area (Å²) < 4.78 is 2.11. The number of nitrogens with two attached hydrogens (primary N) is 1. The van der Waals surface area contributed by atoms with Gasteiger partial charge in [0.2, 0.25) is 0 Å². The minimum absolute atomic E-state index is 0.536. The Labute approximate surface area is 117 Å². The van der Waals surface area contributed by atoms with Gasteiger partial charge in [0.25, 0.3) is 0 Å². The van der Waals surface area contributed by atoms with Gasteiger partial charge in [-0.1, -0.05) is 30.3 Å². The number of nitrogens with zero attached hydrogens (tertiary/aromatic N) is 3. The molecule has 0 fully saturated rings. The molecule has 0 aliphatic heterocycles. The van der Waals surface area contributed by atoms with Crippen LogP contribution in [0.1, 0.15) is 5.56 Å². The van der Waals surface area contributed by atoms with Gasteiger partial charge in [0.05, 0.1) is 18.2 Å². The SMILES string of the molecule is Nc1ncccc1-c1cncn1CCc1ccccc1. The molecule has 2 N–H and O–H groups in total. The van der Waals surface area contributed by atoms with Gasteiger partial charge in [0.1, 0.15) is 5.82 Å². The van der Waals surface area contributed by atoms with Crippen molar-refractivity contribution >= 4 is 5.82 Å². The van der Waals surface area contributed by atoms with Crippen molar-refractivity contribution in [3.63, 3.8) is 0 Å². The quantitative estimate of drug-likeness (QED) is 0.788. The Bertz CT molecular complexity index is 688. The van der Waals surface area contributed by atoms with Crippen LogP contribution in [0, 0.1) is 0 Å². The summed E-state index contributed by atoms with van der Waals surface area (Å²) in [7, 11) is 0. The molecule has 2 aromatic heterocycles. The minimum atomic E-state index is 0.536. The van der Waals surface area contributed by atoms with Gasteiger partial charge in [0.15, 0.2) is 0 Å². The molecule has 2 heterocycles. The lowest BCUT2D eigenvalue weighted by molar-refractivity contribution is 0.702. The molecule has 4 heteroatoms. The molecule has 3 rings (SSSR count). The highest BCUT2D eigenvalue weighted by Crippen LogP contribution is 2.23. The lowest BCUT2D eigenvalue weighted by Crippen LogP contribution is -2.03. The summed E-state index contributed by atoms with van der Waals surface area (Å²) in [5, 5.41) is 0. The second kappa shape index (κ2) is 5.57. The molecular weight excluding hydrogens is 248 g/mol. The summed E-state index contributed by atoms with van der Waals surface area (Å²) in [6.45, 7) is 0.869. The largest absolute Gasteiger partial charge is 0.383 e. The van der Waals surface area contributed by atoms with E-state index in [0.29, 0.717) is 5.82 Å². The number of benzene rings is 1. The van der Waals surface area contributed by atoms with E-state index < -0.39 is 0 Å². The van der Waals surface area contributed by atoms with Gasteiger partial charge >= 0.3 is 0 Å². The van der Waals surface area contributed by atoms with Crippen molar-refractivity contribution in [2.45, 2.75) is 13.0 Å². The molecule has 100 valence electrons. The Balaban J connectivity index is 1.83. The van der Waals surface area contributed by atoms with Crippen molar-refractivity contribution < 1.29 is 0 Å². The van der Waals surface area contributed by atoms with Crippen LogP contribution in [0.5, 0.6) is 0 Å². The lowest BCUT2D eigenvalue weighted by atomic mass is 10.1. The van der Waals surface area contributed by atoms with Crippen molar-refractivity contribution in [2.24, 2.45) is 0 Å². The molecule has 0 saturated carbocycles. The van der Waals surface area contributed by atoms with Crippen LogP contribution < -0.4 is 5.73 Å². The summed E-state index contributed by atoms with van der Waals surface area (Å²) in [5.41, 5.74) is 9.18. The molecule has 4 nitrogen and oxygen atoms in total. The van der Waals surface area contributed by atoms with Gasteiger partial charge in [-0.25, -0.2) is 9.97 Å². The Hall–Kier alpha value is -2.62. The maximum absolute atomic E-state index is 5.94. The third-order valence-corrected chi connectivity index (χ3v) is 3.31. The molecular formula is C16H16N4. The maximum atomic E-state index is 5.94. The first-order valence-electron chi connectivity index (χ1n) is 6.59. The minimum Gasteiger partial charge on any atom is -0.383 e. The molecule has 20 heavy (non-hydrogen) atoms. The summed E-state index contributed by atoms with van der Waals surface area (Å²) in [6.07, 6.45) is 6.33. The van der Waals surface area contributed by atoms with Crippen LogP contribution in [0.2, 0.25) is 0 Å². The van der Waals surface area contributed by atoms with Gasteiger partial charge in [-0.05, 0) is 24.1 Å². The fourth-order valence-electron chi connectivity index (χ4n) is 2.25. The average Bonchev–Trinajstić information content (AvgIpc) is 2.95. The van der Waals surface area contributed by atoms with Gasteiger partial charge < -0.3 is 10.3 Å². The fourth-order valence-corrected chi connectivity index (χ4v) is 2.25. The van der Waals surface area contributed by atoms with Crippen molar-refractivity contribution in [2.75, 3.05) is 5.73 Å². The van der Waals surface area contributed by atoms with Gasteiger partial charge in [-0.15, -0.1) is 0 Å². The van der Waals surface area contributed by atoms with E-state index in [0.717, 1.165) is 24.2 Å². The van der Waals surface area contributed by atoms with Crippen LogP contribution in [-0.4, -0.2) is 14.5 Å². The Morgan fingerprint density at radius 1 is 1.05 bits per heavy atom. The number of hydrogen-bond acceptors (Lipinski definition) is 3. The maximum Gasteiger partial charge on any atom is 0.132 e. The zero-order valence-corrected chi connectivity index (χ0v) is 11.1. The second-order valence-corrected chi connectivity index (χ2v) is 4.64. The van der Waals surface area contributed by atoms with E-state index in [4.69, 9.17) is 5.73 Å². The van der Waals surface area contributed by atoms with Crippen molar-refractivity contribution in [1.29, 1.82) is 0 Å². The molecule has 0 spiro atoms. The first kappa shape index (κ1) is 12.4. The molecule has 0 unspecified atom stereocenters. The number of nitrogen functional groups attached to an aromatic ring is 1. The number of anilines is 1. The highest BCUT2D eigenvalue weighted by Gasteiger charge is 2.08. The number of rotatable bonds is 4. The normalized spacial score (nSPS) is 10.6. The summed E-state index contributed by atoms with van der Waals surface area (Å²) in [4.78, 5) is 8.36. The van der Waals surface area contributed by atoms with Crippen LogP contribution in [0.25, 0.3) is 11.3 Å². The molecule has 0 amide bonds. The monoisotopic (exact) mass is 264 g/mol. The van der Waals surface area contributed by atoms with E-state index in [-0.39, 0.29) is 0 Å². The van der Waals surface area contributed by atoms with E-state index in [9.17, 15) is 0 Å². The van der Waals surface area contributed by atoms with Crippen molar-refractivity contribution in [1.82, 2.24) is 14.5 Å². The Morgan fingerprint density at radius 2 is 1.90 bits per heavy atom. The molecule has 0 saturated heterocycles. The first-order valence-corrected chi connectivity index (χ1v) is 6.59. The Kier molecular flexibility index (Phi) is 3.46. The van der Waals surface area contributed by atoms with Crippen LogP contribution in [0.15, 0.2) is 61.2 Å². The molecule has 0 aliphatic carbocycles. The number of hydrogen-bond donors (Lipinski definition) is 1. The molecule has 0 bridgehead atoms. The zero-order valence-electron chi connectivity index (χ0n) is 11.1. The first-order chi connectivity index (χ1) is 9.84. The predicted octanol–water partition coefficient (Wildman–Crippen LogP) is 2.77. The zero-order chi connectivity index (χ0) is 13.8. The van der Waals surface area contributed by atoms with E-state index in [1.807, 2.05) is 30.7 Å². The molecule has 1 aromatic carbocycles. The molecule has 0 radical (unpaired) electrons. The highest BCUT2D eigenvalue weighted by molar-refractivity contribution is 5.70. The molecule has 0 aliphatic rings.